The third-order valence-electron chi connectivity index (χ3n) is 4.05. The van der Waals surface area contributed by atoms with Crippen molar-refractivity contribution in [3.8, 4) is 6.01 Å². The van der Waals surface area contributed by atoms with Crippen LogP contribution in [0, 0.1) is 0 Å². The third kappa shape index (κ3) is 5.42. The number of anilines is 3. The van der Waals surface area contributed by atoms with Gasteiger partial charge in [0.05, 0.1) is 15.7 Å². The number of aromatic nitrogens is 4. The first-order valence-electron chi connectivity index (χ1n) is 8.92. The second-order valence-corrected chi connectivity index (χ2v) is 7.04. The summed E-state index contributed by atoms with van der Waals surface area (Å²) in [5, 5.41) is 2.77. The number of rotatable bonds is 7. The van der Waals surface area contributed by atoms with Crippen LogP contribution in [-0.2, 0) is 0 Å². The molecule has 0 radical (unpaired) electrons. The van der Waals surface area contributed by atoms with Gasteiger partial charge in [0, 0.05) is 18.8 Å². The van der Waals surface area contributed by atoms with Gasteiger partial charge < -0.3 is 15.0 Å². The zero-order valence-corrected chi connectivity index (χ0v) is 16.9. The quantitative estimate of drug-likeness (QED) is 0.494. The fraction of sp³-hybridized carbons (Fsp3) is 0.412. The number of hydrogen-bond donors (Lipinski definition) is 1. The predicted molar refractivity (Wildman–Crippen MR) is 103 cm³/mol. The van der Waals surface area contributed by atoms with Crippen LogP contribution in [0.4, 0.5) is 43.9 Å². The van der Waals surface area contributed by atoms with Crippen molar-refractivity contribution in [1.82, 2.24) is 19.9 Å². The SMILES string of the molecule is CCN(CC)c1nc(Nc2ccc3ncsc3c2)nc(OC(C(F)(F)F)C(F)(F)F)n1. The van der Waals surface area contributed by atoms with Gasteiger partial charge in [-0.15, -0.1) is 11.3 Å². The smallest absolute Gasteiger partial charge is 0.434 e. The minimum atomic E-state index is -5.70. The monoisotopic (exact) mass is 466 g/mol. The van der Waals surface area contributed by atoms with Crippen LogP contribution in [0.5, 0.6) is 6.01 Å². The van der Waals surface area contributed by atoms with Crippen LogP contribution in [0.1, 0.15) is 13.8 Å². The molecule has 0 saturated heterocycles. The maximum Gasteiger partial charge on any atom is 0.434 e. The predicted octanol–water partition coefficient (Wildman–Crippen LogP) is 4.94. The normalized spacial score (nSPS) is 12.4. The molecule has 0 aliphatic carbocycles. The Bertz CT molecular complexity index is 1020. The van der Waals surface area contributed by atoms with Crippen LogP contribution in [0.25, 0.3) is 10.2 Å². The Morgan fingerprint density at radius 2 is 1.71 bits per heavy atom. The summed E-state index contributed by atoms with van der Waals surface area (Å²) in [6.07, 6.45) is -15.5. The molecular formula is C17H16F6N6OS. The molecule has 3 rings (SSSR count). The lowest BCUT2D eigenvalue weighted by atomic mass is 10.3. The number of ether oxygens (including phenoxy) is 1. The Labute approximate surface area is 176 Å². The van der Waals surface area contributed by atoms with Gasteiger partial charge in [-0.2, -0.15) is 41.3 Å². The highest BCUT2D eigenvalue weighted by Crippen LogP contribution is 2.36. The van der Waals surface area contributed by atoms with Crippen LogP contribution in [0.2, 0.25) is 0 Å². The Hall–Kier alpha value is -2.90. The molecular weight excluding hydrogens is 450 g/mol. The fourth-order valence-electron chi connectivity index (χ4n) is 2.59. The zero-order chi connectivity index (χ0) is 22.8. The first-order chi connectivity index (χ1) is 14.5. The van der Waals surface area contributed by atoms with Crippen LogP contribution >= 0.6 is 11.3 Å². The number of thiazole rings is 1. The van der Waals surface area contributed by atoms with Gasteiger partial charge in [-0.25, -0.2) is 4.98 Å². The molecule has 2 heterocycles. The molecule has 0 fully saturated rings. The topological polar surface area (TPSA) is 76.1 Å². The Kier molecular flexibility index (Phi) is 6.38. The molecule has 1 N–H and O–H groups in total. The first kappa shape index (κ1) is 22.8. The molecule has 7 nitrogen and oxygen atoms in total. The van der Waals surface area contributed by atoms with E-state index in [1.165, 1.54) is 16.2 Å². The van der Waals surface area contributed by atoms with Crippen molar-refractivity contribution in [2.75, 3.05) is 23.3 Å². The summed E-state index contributed by atoms with van der Waals surface area (Å²) in [5.41, 5.74) is 2.83. The highest BCUT2D eigenvalue weighted by molar-refractivity contribution is 7.16. The summed E-state index contributed by atoms with van der Waals surface area (Å²) in [6.45, 7) is 4.17. The highest BCUT2D eigenvalue weighted by Gasteiger charge is 2.59. The minimum Gasteiger partial charge on any atom is -0.440 e. The van der Waals surface area contributed by atoms with Crippen LogP contribution in [-0.4, -0.2) is 51.5 Å². The fourth-order valence-corrected chi connectivity index (χ4v) is 3.31. The van der Waals surface area contributed by atoms with E-state index < -0.39 is 24.5 Å². The highest BCUT2D eigenvalue weighted by atomic mass is 32.1. The molecule has 31 heavy (non-hydrogen) atoms. The van der Waals surface area contributed by atoms with E-state index in [0.29, 0.717) is 18.8 Å². The zero-order valence-electron chi connectivity index (χ0n) is 16.1. The second kappa shape index (κ2) is 8.69. The average Bonchev–Trinajstić information content (AvgIpc) is 3.13. The first-order valence-corrected chi connectivity index (χ1v) is 9.80. The number of fused-ring (bicyclic) bond motifs is 1. The van der Waals surface area contributed by atoms with Crippen LogP contribution in [0.3, 0.4) is 0 Å². The molecule has 0 saturated carbocycles. The van der Waals surface area contributed by atoms with Gasteiger partial charge in [-0.3, -0.25) is 0 Å². The van der Waals surface area contributed by atoms with Crippen molar-refractivity contribution in [3.05, 3.63) is 23.7 Å². The van der Waals surface area contributed by atoms with Gasteiger partial charge in [0.2, 0.25) is 11.9 Å². The molecule has 0 spiro atoms. The van der Waals surface area contributed by atoms with Crippen molar-refractivity contribution in [1.29, 1.82) is 0 Å². The molecule has 0 unspecified atom stereocenters. The largest absolute Gasteiger partial charge is 0.440 e. The Morgan fingerprint density at radius 3 is 2.32 bits per heavy atom. The van der Waals surface area contributed by atoms with Crippen molar-refractivity contribution in [2.45, 2.75) is 32.3 Å². The lowest BCUT2D eigenvalue weighted by Crippen LogP contribution is -2.47. The van der Waals surface area contributed by atoms with Gasteiger partial charge in [0.15, 0.2) is 0 Å². The standard InChI is InChI=1S/C17H16F6N6OS/c1-3-29(4-2)14-26-13(25-9-5-6-10-11(7-9)31-8-24-10)27-15(28-14)30-12(16(18,19)20)17(21,22)23/h5-8,12H,3-4H2,1-2H3,(H,25,26,27,28). The third-order valence-corrected chi connectivity index (χ3v) is 4.85. The minimum absolute atomic E-state index is 0.125. The van der Waals surface area contributed by atoms with E-state index in [1.54, 1.807) is 37.6 Å². The summed E-state index contributed by atoms with van der Waals surface area (Å²) in [4.78, 5) is 17.0. The number of hydrogen-bond acceptors (Lipinski definition) is 8. The molecule has 0 bridgehead atoms. The summed E-state index contributed by atoms with van der Waals surface area (Å²) in [5.74, 6) is -0.390. The number of nitrogens with zero attached hydrogens (tertiary/aromatic N) is 5. The number of alkyl halides is 6. The summed E-state index contributed by atoms with van der Waals surface area (Å²) >= 11 is 1.36. The molecule has 14 heteroatoms. The van der Waals surface area contributed by atoms with Crippen molar-refractivity contribution in [2.24, 2.45) is 0 Å². The molecule has 0 aliphatic rings. The van der Waals surface area contributed by atoms with Crippen molar-refractivity contribution < 1.29 is 31.1 Å². The van der Waals surface area contributed by atoms with Gasteiger partial charge >= 0.3 is 18.4 Å². The Balaban J connectivity index is 1.99. The lowest BCUT2D eigenvalue weighted by Gasteiger charge is -2.24. The lowest BCUT2D eigenvalue weighted by molar-refractivity contribution is -0.301. The number of halogens is 6. The van der Waals surface area contributed by atoms with Gasteiger partial charge in [0.1, 0.15) is 0 Å². The maximum atomic E-state index is 12.9. The van der Waals surface area contributed by atoms with E-state index in [-0.39, 0.29) is 11.9 Å². The molecule has 3 aromatic rings. The molecule has 0 atom stereocenters. The van der Waals surface area contributed by atoms with Gasteiger partial charge in [0.25, 0.3) is 6.10 Å². The maximum absolute atomic E-state index is 12.9. The molecule has 168 valence electrons. The summed E-state index contributed by atoms with van der Waals surface area (Å²) in [6, 6.07) is 3.92. The van der Waals surface area contributed by atoms with Crippen LogP contribution in [0.15, 0.2) is 23.7 Å². The molecule has 2 aromatic heterocycles. The van der Waals surface area contributed by atoms with E-state index >= 15 is 0 Å². The van der Waals surface area contributed by atoms with E-state index in [4.69, 9.17) is 0 Å². The van der Waals surface area contributed by atoms with E-state index in [2.05, 4.69) is 30.0 Å². The van der Waals surface area contributed by atoms with Crippen molar-refractivity contribution >= 4 is 39.1 Å². The Morgan fingerprint density at radius 1 is 1.03 bits per heavy atom. The second-order valence-electron chi connectivity index (χ2n) is 6.15. The number of nitrogens with one attached hydrogen (secondary N) is 1. The van der Waals surface area contributed by atoms with Gasteiger partial charge in [-0.05, 0) is 32.0 Å². The van der Waals surface area contributed by atoms with Crippen LogP contribution < -0.4 is 15.0 Å². The van der Waals surface area contributed by atoms with Crippen molar-refractivity contribution in [3.63, 3.8) is 0 Å². The average molecular weight is 466 g/mol. The molecule has 0 amide bonds. The van der Waals surface area contributed by atoms with Gasteiger partial charge in [-0.1, -0.05) is 0 Å². The van der Waals surface area contributed by atoms with E-state index in [9.17, 15) is 26.3 Å². The number of benzene rings is 1. The molecule has 0 aliphatic heterocycles. The summed E-state index contributed by atoms with van der Waals surface area (Å²) in [7, 11) is 0. The van der Waals surface area contributed by atoms with E-state index in [0.717, 1.165) is 10.2 Å². The summed E-state index contributed by atoms with van der Waals surface area (Å²) < 4.78 is 82.5. The van der Waals surface area contributed by atoms with E-state index in [1.807, 2.05) is 0 Å². The molecule has 1 aromatic carbocycles.